The van der Waals surface area contributed by atoms with Crippen molar-refractivity contribution in [2.24, 2.45) is 5.92 Å². The molecule has 0 bridgehead atoms. The van der Waals surface area contributed by atoms with Crippen molar-refractivity contribution in [1.82, 2.24) is 16.0 Å². The molecule has 0 spiro atoms. The molecule has 12 heteroatoms. The molecule has 0 saturated carbocycles. The Bertz CT molecular complexity index is 1770. The van der Waals surface area contributed by atoms with Crippen molar-refractivity contribution in [3.05, 3.63) is 107 Å². The number of carbonyl (C=O) groups is 3. The predicted octanol–water partition coefficient (Wildman–Crippen LogP) is 5.51. The lowest BCUT2D eigenvalue weighted by Crippen LogP contribution is -2.48. The molecule has 0 aromatic heterocycles. The number of nitrogens with one attached hydrogen (secondary N) is 4. The largest absolute Gasteiger partial charge is 0.348 e. The van der Waals surface area contributed by atoms with Crippen LogP contribution >= 0.6 is 11.8 Å². The maximum atomic E-state index is 13.9. The van der Waals surface area contributed by atoms with Crippen LogP contribution < -0.4 is 25.6 Å². The molecule has 49 heavy (non-hydrogen) atoms. The zero-order chi connectivity index (χ0) is 35.7. The Kier molecular flexibility index (Phi) is 13.1. The van der Waals surface area contributed by atoms with E-state index < -0.39 is 27.9 Å². The van der Waals surface area contributed by atoms with Crippen molar-refractivity contribution in [2.75, 3.05) is 29.5 Å². The first kappa shape index (κ1) is 37.7. The standard InChI is InChI=1S/C37H47N5O5S2/c1-7-27-12-11-15-32(18-27)40-35(43)25(3)38-23-33(20-29-16-17-48-26(29)4)41-37(45)31-19-30(21-34(22-31)42(5)49(6,46)47)36(44)39-24(2)28-13-9-8-10-14-28/h8-19,21-22,24-26,29,33,38H,7,20,23H2,1-6H3,(H,39,44)(H,40,43)(H,41,45)/t24-,25+,26?,29?,33+/m1/s1. The summed E-state index contributed by atoms with van der Waals surface area (Å²) in [5.41, 5.74) is 3.22. The highest BCUT2D eigenvalue weighted by atomic mass is 32.2. The van der Waals surface area contributed by atoms with Gasteiger partial charge in [0.25, 0.3) is 11.8 Å². The fourth-order valence-corrected chi connectivity index (χ4v) is 6.90. The smallest absolute Gasteiger partial charge is 0.251 e. The van der Waals surface area contributed by atoms with Gasteiger partial charge in [-0.25, -0.2) is 8.42 Å². The van der Waals surface area contributed by atoms with Crippen LogP contribution in [0.1, 0.15) is 72.0 Å². The lowest BCUT2D eigenvalue weighted by atomic mass is 9.96. The van der Waals surface area contributed by atoms with Gasteiger partial charge in [0.15, 0.2) is 0 Å². The Labute approximate surface area is 294 Å². The Hall–Kier alpha value is -4.13. The maximum absolute atomic E-state index is 13.9. The van der Waals surface area contributed by atoms with E-state index in [0.29, 0.717) is 18.2 Å². The minimum Gasteiger partial charge on any atom is -0.348 e. The molecule has 262 valence electrons. The summed E-state index contributed by atoms with van der Waals surface area (Å²) in [4.78, 5) is 40.4. The van der Waals surface area contributed by atoms with Gasteiger partial charge in [-0.15, -0.1) is 11.8 Å². The summed E-state index contributed by atoms with van der Waals surface area (Å²) >= 11 is 1.73. The third kappa shape index (κ3) is 10.7. The summed E-state index contributed by atoms with van der Waals surface area (Å²) in [5.74, 6) is -0.906. The molecule has 0 fully saturated rings. The fraction of sp³-hybridized carbons (Fsp3) is 0.378. The van der Waals surface area contributed by atoms with Gasteiger partial charge in [-0.1, -0.05) is 62.4 Å². The normalized spacial score (nSPS) is 17.5. The Morgan fingerprint density at radius 3 is 2.20 bits per heavy atom. The molecule has 0 aliphatic carbocycles. The van der Waals surface area contributed by atoms with Gasteiger partial charge in [-0.05, 0) is 79.5 Å². The molecule has 3 aromatic carbocycles. The molecule has 10 nitrogen and oxygen atoms in total. The van der Waals surface area contributed by atoms with Gasteiger partial charge in [-0.2, -0.15) is 0 Å². The van der Waals surface area contributed by atoms with E-state index in [9.17, 15) is 22.8 Å². The number of anilines is 2. The molecular formula is C37H47N5O5S2. The van der Waals surface area contributed by atoms with Crippen LogP contribution in [0.25, 0.3) is 0 Å². The van der Waals surface area contributed by atoms with E-state index in [1.807, 2.05) is 61.5 Å². The van der Waals surface area contributed by atoms with Crippen LogP contribution in [0.3, 0.4) is 0 Å². The SMILES string of the molecule is CCc1cccc(NC(=O)[C@H](C)NC[C@H](CC2C=CSC2C)NC(=O)c2cc(C(=O)N[C@H](C)c3ccccc3)cc(N(C)S(C)(=O)=O)c2)c1. The van der Waals surface area contributed by atoms with Gasteiger partial charge in [0, 0.05) is 41.7 Å². The minimum absolute atomic E-state index is 0.140. The zero-order valence-electron chi connectivity index (χ0n) is 28.9. The highest BCUT2D eigenvalue weighted by molar-refractivity contribution is 8.03. The van der Waals surface area contributed by atoms with Gasteiger partial charge in [0.1, 0.15) is 0 Å². The third-order valence-electron chi connectivity index (χ3n) is 8.73. The molecule has 1 aliphatic rings. The summed E-state index contributed by atoms with van der Waals surface area (Å²) in [6.45, 7) is 8.12. The minimum atomic E-state index is -3.69. The number of sulfonamides is 1. The number of hydrogen-bond donors (Lipinski definition) is 4. The van der Waals surface area contributed by atoms with E-state index in [-0.39, 0.29) is 40.7 Å². The van der Waals surface area contributed by atoms with Crippen LogP contribution in [0, 0.1) is 5.92 Å². The van der Waals surface area contributed by atoms with Crippen molar-refractivity contribution in [1.29, 1.82) is 0 Å². The van der Waals surface area contributed by atoms with Crippen LogP contribution in [0.2, 0.25) is 0 Å². The second-order valence-electron chi connectivity index (χ2n) is 12.5. The van der Waals surface area contributed by atoms with Crippen LogP contribution in [0.4, 0.5) is 11.4 Å². The Morgan fingerprint density at radius 1 is 0.918 bits per heavy atom. The van der Waals surface area contributed by atoms with Gasteiger partial charge < -0.3 is 21.3 Å². The number of hydrogen-bond acceptors (Lipinski definition) is 7. The van der Waals surface area contributed by atoms with Crippen molar-refractivity contribution in [2.45, 2.75) is 63.9 Å². The topological polar surface area (TPSA) is 137 Å². The second kappa shape index (κ2) is 17.0. The number of allylic oxidation sites excluding steroid dienone is 1. The van der Waals surface area contributed by atoms with E-state index in [0.717, 1.165) is 33.8 Å². The van der Waals surface area contributed by atoms with Crippen molar-refractivity contribution in [3.8, 4) is 0 Å². The molecule has 1 aliphatic heterocycles. The van der Waals surface area contributed by atoms with Crippen LogP contribution in [0.5, 0.6) is 0 Å². The summed E-state index contributed by atoms with van der Waals surface area (Å²) in [7, 11) is -2.31. The van der Waals surface area contributed by atoms with Crippen molar-refractivity contribution < 1.29 is 22.8 Å². The quantitative estimate of drug-likeness (QED) is 0.164. The van der Waals surface area contributed by atoms with E-state index in [1.54, 1.807) is 18.7 Å². The Morgan fingerprint density at radius 2 is 1.59 bits per heavy atom. The zero-order valence-corrected chi connectivity index (χ0v) is 30.5. The summed E-state index contributed by atoms with van der Waals surface area (Å²) < 4.78 is 26.0. The first-order valence-electron chi connectivity index (χ1n) is 16.5. The van der Waals surface area contributed by atoms with E-state index in [1.165, 1.54) is 25.2 Å². The number of thioether (sulfide) groups is 1. The maximum Gasteiger partial charge on any atom is 0.251 e. The van der Waals surface area contributed by atoms with Crippen LogP contribution in [0.15, 0.2) is 84.3 Å². The third-order valence-corrected chi connectivity index (χ3v) is 11.0. The van der Waals surface area contributed by atoms with Crippen LogP contribution in [-0.4, -0.2) is 63.3 Å². The van der Waals surface area contributed by atoms with Crippen LogP contribution in [-0.2, 0) is 21.2 Å². The number of amides is 3. The van der Waals surface area contributed by atoms with E-state index >= 15 is 0 Å². The molecule has 4 rings (SSSR count). The predicted molar refractivity (Wildman–Crippen MR) is 199 cm³/mol. The summed E-state index contributed by atoms with van der Waals surface area (Å²) in [6.07, 6.45) is 4.66. The molecule has 0 saturated heterocycles. The Balaban J connectivity index is 1.54. The molecule has 4 N–H and O–H groups in total. The number of benzene rings is 3. The second-order valence-corrected chi connectivity index (χ2v) is 15.8. The van der Waals surface area contributed by atoms with Gasteiger partial charge in [0.2, 0.25) is 15.9 Å². The first-order valence-corrected chi connectivity index (χ1v) is 19.2. The summed E-state index contributed by atoms with van der Waals surface area (Å²) in [5, 5.41) is 14.7. The molecule has 0 radical (unpaired) electrons. The molecular weight excluding hydrogens is 659 g/mol. The monoisotopic (exact) mass is 705 g/mol. The lowest BCUT2D eigenvalue weighted by Gasteiger charge is -2.26. The van der Waals surface area contributed by atoms with E-state index in [2.05, 4.69) is 46.6 Å². The number of nitrogens with zero attached hydrogens (tertiary/aromatic N) is 1. The average molecular weight is 706 g/mol. The highest BCUT2D eigenvalue weighted by Gasteiger charge is 2.27. The average Bonchev–Trinajstić information content (AvgIpc) is 3.49. The van der Waals surface area contributed by atoms with Gasteiger partial charge in [-0.3, -0.25) is 18.7 Å². The number of rotatable bonds is 15. The lowest BCUT2D eigenvalue weighted by molar-refractivity contribution is -0.117. The molecule has 3 amide bonds. The van der Waals surface area contributed by atoms with E-state index in [4.69, 9.17) is 0 Å². The fourth-order valence-electron chi connectivity index (χ4n) is 5.47. The van der Waals surface area contributed by atoms with Gasteiger partial charge >= 0.3 is 0 Å². The van der Waals surface area contributed by atoms with Crippen molar-refractivity contribution in [3.63, 3.8) is 0 Å². The number of carbonyl (C=O) groups excluding carboxylic acids is 3. The molecule has 1 heterocycles. The van der Waals surface area contributed by atoms with Gasteiger partial charge in [0.05, 0.1) is 24.0 Å². The molecule has 5 atom stereocenters. The number of aryl methyl sites for hydroxylation is 1. The van der Waals surface area contributed by atoms with Crippen molar-refractivity contribution >= 4 is 50.9 Å². The summed E-state index contributed by atoms with van der Waals surface area (Å²) in [6, 6.07) is 20.3. The highest BCUT2D eigenvalue weighted by Crippen LogP contribution is 2.32. The molecule has 2 unspecified atom stereocenters. The first-order chi connectivity index (χ1) is 23.2. The molecule has 3 aromatic rings.